The summed E-state index contributed by atoms with van der Waals surface area (Å²) in [7, 11) is 5.71. The van der Waals surface area contributed by atoms with Crippen LogP contribution < -0.4 is 10.1 Å². The number of H-pyrrole nitrogens is 1. The molecule has 4 aliphatic heterocycles. The Labute approximate surface area is 395 Å². The van der Waals surface area contributed by atoms with E-state index in [9.17, 15) is 30.6 Å². The lowest BCUT2D eigenvalue weighted by Gasteiger charge is -2.69. The Kier molecular flexibility index (Phi) is 9.24. The molecule has 18 atom stereocenters. The highest BCUT2D eigenvalue weighted by Crippen LogP contribution is 2.81. The van der Waals surface area contributed by atoms with Crippen molar-refractivity contribution in [2.45, 2.75) is 117 Å². The molecular formula is C53H58N2O10S2. The number of hydrogen-bond donors (Lipinski definition) is 8. The molecule has 5 heterocycles. The summed E-state index contributed by atoms with van der Waals surface area (Å²) in [5, 5.41) is 81.8. The third-order valence-electron chi connectivity index (χ3n) is 19.9. The van der Waals surface area contributed by atoms with Crippen LogP contribution in [-0.4, -0.2) is 108 Å². The van der Waals surface area contributed by atoms with E-state index in [1.807, 2.05) is 83.2 Å². The van der Waals surface area contributed by atoms with E-state index in [0.29, 0.717) is 42.0 Å². The number of phenolic OH excluding ortho intramolecular Hbond substituents is 1. The number of carbonyl (C=O) groups is 1. The molecule has 14 heteroatoms. The first-order valence-corrected chi connectivity index (χ1v) is 27.1. The number of nitrogens with one attached hydrogen (secondary N) is 2. The maximum atomic E-state index is 15.2. The third kappa shape index (κ3) is 5.13. The molecule has 8 fully saturated rings. The van der Waals surface area contributed by atoms with Gasteiger partial charge in [0.25, 0.3) is 0 Å². The number of aromatic amines is 1. The van der Waals surface area contributed by atoms with Crippen molar-refractivity contribution >= 4 is 60.0 Å². The monoisotopic (exact) mass is 946 g/mol. The van der Waals surface area contributed by atoms with Crippen LogP contribution >= 0.6 is 21.6 Å². The molecule has 4 bridgehead atoms. The van der Waals surface area contributed by atoms with Crippen LogP contribution in [0.5, 0.6) is 11.5 Å². The highest BCUT2D eigenvalue weighted by Gasteiger charge is 2.84. The van der Waals surface area contributed by atoms with Crippen molar-refractivity contribution in [1.29, 1.82) is 0 Å². The molecule has 8 N–H and O–H groups in total. The van der Waals surface area contributed by atoms with Crippen LogP contribution in [0.1, 0.15) is 74.1 Å². The topological polar surface area (TPSA) is 194 Å². The average Bonchev–Trinajstić information content (AvgIpc) is 4.12. The SMILES string of the molecule is CNC1CSSCC2c3cc(O)ccc3C34C(CCC35C(O)C1CC1C3CCC(O)C6(O)OC(C(=O)Oc7c(CO)[nH]c8ccc9cc%10ccccc%10cc9c78)C(OC15)C36O)CC1CCC2C14. The van der Waals surface area contributed by atoms with E-state index >= 15 is 4.79 Å². The minimum absolute atomic E-state index is 0.0662. The fourth-order valence-electron chi connectivity index (χ4n) is 17.8. The zero-order valence-electron chi connectivity index (χ0n) is 37.3. The Morgan fingerprint density at radius 3 is 2.54 bits per heavy atom. The van der Waals surface area contributed by atoms with E-state index in [1.165, 1.54) is 11.1 Å². The van der Waals surface area contributed by atoms with Crippen molar-refractivity contribution in [3.05, 3.63) is 83.6 Å². The molecule has 10 aliphatic rings. The van der Waals surface area contributed by atoms with Gasteiger partial charge in [0.15, 0.2) is 17.5 Å². The van der Waals surface area contributed by atoms with Crippen LogP contribution in [0.15, 0.2) is 66.7 Å². The van der Waals surface area contributed by atoms with Gasteiger partial charge >= 0.3 is 5.97 Å². The van der Waals surface area contributed by atoms with E-state index < -0.39 is 71.2 Å². The Bertz CT molecular complexity index is 2900. The van der Waals surface area contributed by atoms with E-state index in [0.717, 1.165) is 58.7 Å². The number of aliphatic hydroxyl groups is 5. The molecule has 15 rings (SSSR count). The first-order chi connectivity index (χ1) is 32.5. The predicted octanol–water partition coefficient (Wildman–Crippen LogP) is 6.39. The number of benzene rings is 4. The molecule has 3 saturated heterocycles. The predicted molar refractivity (Wildman–Crippen MR) is 254 cm³/mol. The molecular weight excluding hydrogens is 889 g/mol. The molecule has 0 radical (unpaired) electrons. The molecule has 67 heavy (non-hydrogen) atoms. The van der Waals surface area contributed by atoms with Crippen molar-refractivity contribution < 1.29 is 49.6 Å². The second-order valence-electron chi connectivity index (χ2n) is 21.9. The Morgan fingerprint density at radius 1 is 0.896 bits per heavy atom. The van der Waals surface area contributed by atoms with Crippen LogP contribution in [0, 0.1) is 46.8 Å². The van der Waals surface area contributed by atoms with Gasteiger partial charge < -0.3 is 55.2 Å². The molecule has 12 nitrogen and oxygen atoms in total. The van der Waals surface area contributed by atoms with Crippen LogP contribution in [0.25, 0.3) is 32.4 Å². The minimum Gasteiger partial charge on any atom is -0.508 e. The van der Waals surface area contributed by atoms with Gasteiger partial charge in [-0.15, -0.1) is 0 Å². The summed E-state index contributed by atoms with van der Waals surface area (Å²) in [6.07, 6.45) is -0.311. The quantitative estimate of drug-likeness (QED) is 0.0562. The van der Waals surface area contributed by atoms with Crippen molar-refractivity contribution in [3.63, 3.8) is 0 Å². The van der Waals surface area contributed by atoms with Gasteiger partial charge in [-0.1, -0.05) is 58.0 Å². The number of aliphatic hydroxyl groups excluding tert-OH is 3. The van der Waals surface area contributed by atoms with Crippen molar-refractivity contribution in [3.8, 4) is 11.5 Å². The lowest BCUT2D eigenvalue weighted by molar-refractivity contribution is -0.372. The largest absolute Gasteiger partial charge is 0.508 e. The van der Waals surface area contributed by atoms with Gasteiger partial charge in [-0.25, -0.2) is 4.79 Å². The Hall–Kier alpha value is -3.41. The van der Waals surface area contributed by atoms with Crippen molar-refractivity contribution in [2.24, 2.45) is 46.8 Å². The molecule has 352 valence electrons. The Balaban J connectivity index is 0.945. The standard InChI is InChI=1S/C53H58N2O10S2/c1-54-40-23-67-66-22-35-30-9-6-27-17-28-14-15-50(51(28,43(27)30)36-10-8-29(57)19-32(35)36)46(59)34(40)20-33-37-11-13-41(58)53(62)52(37,61)48(64-47(33)50)45(65-53)49(60)63-44-39(21-56)55-38-12-7-26-16-24-4-2-3-5-25(24)18-31(26)42(38)44/h2-5,7-8,10,12,16,18-19,27-28,30,33-35,37,40-41,43,45-48,54-59,61-62H,6,9,11,13-15,17,20-23H2,1H3. The summed E-state index contributed by atoms with van der Waals surface area (Å²) in [5.74, 6) is -1.09. The maximum Gasteiger partial charge on any atom is 0.343 e. The van der Waals surface area contributed by atoms with Gasteiger partial charge in [0.1, 0.15) is 18.0 Å². The number of phenols is 1. The molecule has 5 aromatic rings. The molecule has 6 aliphatic carbocycles. The van der Waals surface area contributed by atoms with Gasteiger partial charge in [-0.3, -0.25) is 0 Å². The van der Waals surface area contributed by atoms with E-state index in [2.05, 4.69) is 22.4 Å². The summed E-state index contributed by atoms with van der Waals surface area (Å²) in [6.45, 7) is -0.463. The fraction of sp³-hybridized carbons (Fsp3) is 0.566. The van der Waals surface area contributed by atoms with Gasteiger partial charge in [0.05, 0.1) is 35.4 Å². The summed E-state index contributed by atoms with van der Waals surface area (Å²) < 4.78 is 20.5. The molecule has 18 unspecified atom stereocenters. The third-order valence-corrected chi connectivity index (χ3v) is 22.4. The van der Waals surface area contributed by atoms with Crippen LogP contribution in [0.2, 0.25) is 0 Å². The second kappa shape index (κ2) is 14.6. The highest BCUT2D eigenvalue weighted by atomic mass is 33.1. The summed E-state index contributed by atoms with van der Waals surface area (Å²) in [4.78, 5) is 18.5. The van der Waals surface area contributed by atoms with E-state index in [-0.39, 0.29) is 59.2 Å². The summed E-state index contributed by atoms with van der Waals surface area (Å²) in [6, 6.07) is 22.0. The van der Waals surface area contributed by atoms with Gasteiger partial charge in [0, 0.05) is 40.2 Å². The molecule has 0 amide bonds. The summed E-state index contributed by atoms with van der Waals surface area (Å²) in [5.41, 5.74) is -0.258. The van der Waals surface area contributed by atoms with Crippen LogP contribution in [0.3, 0.4) is 0 Å². The number of ether oxygens (including phenoxy) is 3. The number of aromatic hydroxyl groups is 1. The lowest BCUT2D eigenvalue weighted by atomic mass is 9.40. The van der Waals surface area contributed by atoms with E-state index in [1.54, 1.807) is 0 Å². The Morgan fingerprint density at radius 2 is 1.72 bits per heavy atom. The number of aromatic nitrogens is 1. The van der Waals surface area contributed by atoms with Gasteiger partial charge in [-0.05, 0) is 157 Å². The smallest absolute Gasteiger partial charge is 0.343 e. The number of fused-ring (bicyclic) bond motifs is 10. The van der Waals surface area contributed by atoms with Crippen molar-refractivity contribution in [2.75, 3.05) is 18.6 Å². The number of esters is 1. The molecule has 4 aromatic carbocycles. The first-order valence-electron chi connectivity index (χ1n) is 24.7. The zero-order chi connectivity index (χ0) is 45.5. The molecule has 2 spiro atoms. The van der Waals surface area contributed by atoms with Gasteiger partial charge in [0.2, 0.25) is 5.79 Å². The fourth-order valence-corrected chi connectivity index (χ4v) is 20.6. The number of rotatable bonds is 4. The van der Waals surface area contributed by atoms with Crippen molar-refractivity contribution in [1.82, 2.24) is 10.3 Å². The van der Waals surface area contributed by atoms with E-state index in [4.69, 9.17) is 14.2 Å². The number of carbonyl (C=O) groups excluding carboxylic acids is 1. The molecule has 1 aromatic heterocycles. The number of hydrogen-bond acceptors (Lipinski definition) is 13. The maximum absolute atomic E-state index is 15.2. The van der Waals surface area contributed by atoms with Crippen LogP contribution in [0.4, 0.5) is 0 Å². The minimum atomic E-state index is -2.57. The summed E-state index contributed by atoms with van der Waals surface area (Å²) >= 11 is 0. The van der Waals surface area contributed by atoms with Crippen LogP contribution in [-0.2, 0) is 26.3 Å². The first kappa shape index (κ1) is 42.5. The highest BCUT2D eigenvalue weighted by molar-refractivity contribution is 8.76. The molecule has 5 saturated carbocycles. The lowest BCUT2D eigenvalue weighted by Crippen LogP contribution is -2.79. The average molecular weight is 947 g/mol. The second-order valence-corrected chi connectivity index (χ2v) is 24.5. The zero-order valence-corrected chi connectivity index (χ0v) is 39.0. The van der Waals surface area contributed by atoms with Gasteiger partial charge in [-0.2, -0.15) is 0 Å². The normalized spacial score (nSPS) is 44.5.